The Morgan fingerprint density at radius 3 is 1.58 bits per heavy atom. The topological polar surface area (TPSA) is 55.1 Å². The highest BCUT2D eigenvalue weighted by Crippen LogP contribution is 2.54. The van der Waals surface area contributed by atoms with Crippen LogP contribution >= 0.6 is 0 Å². The largest absolute Gasteiger partial charge is 0.456 e. The molecule has 0 spiro atoms. The Kier molecular flexibility index (Phi) is 8.56. The quantitative estimate of drug-likeness (QED) is 0.161. The molecule has 2 aliphatic rings. The van der Waals surface area contributed by atoms with Crippen molar-refractivity contribution in [3.05, 3.63) is 229 Å². The summed E-state index contributed by atoms with van der Waals surface area (Å²) in [6.45, 7) is 0. The van der Waals surface area contributed by atoms with E-state index in [1.807, 2.05) is 36.4 Å². The summed E-state index contributed by atoms with van der Waals surface area (Å²) < 4.78 is 6.91. The van der Waals surface area contributed by atoms with Crippen molar-refractivity contribution >= 4 is 28.4 Å². The first-order chi connectivity index (χ1) is 30.7. The number of nitrogens with zero attached hydrogens (tertiary/aromatic N) is 4. The van der Waals surface area contributed by atoms with Crippen LogP contribution in [0.15, 0.2) is 217 Å². The highest BCUT2D eigenvalue weighted by molar-refractivity contribution is 5.97. The zero-order valence-corrected chi connectivity index (χ0v) is 33.6. The van der Waals surface area contributed by atoms with E-state index in [9.17, 15) is 0 Å². The Labute approximate surface area is 360 Å². The lowest BCUT2D eigenvalue weighted by molar-refractivity contribution is 0.584. The lowest BCUT2D eigenvalue weighted by Crippen LogP contribution is -2.30. The Bertz CT molecular complexity index is 3290. The molecule has 0 amide bonds. The Balaban J connectivity index is 0.936. The van der Waals surface area contributed by atoms with Crippen molar-refractivity contribution in [2.75, 3.05) is 4.90 Å². The minimum Gasteiger partial charge on any atom is -0.456 e. The molecule has 10 aromatic rings. The molecule has 0 saturated heterocycles. The molecule has 62 heavy (non-hydrogen) atoms. The number of para-hydroxylation sites is 2. The van der Waals surface area contributed by atoms with Crippen LogP contribution in [0.25, 0.3) is 84.6 Å². The second-order valence-corrected chi connectivity index (χ2v) is 15.9. The van der Waals surface area contributed by atoms with Gasteiger partial charge >= 0.3 is 0 Å². The number of anilines is 2. The van der Waals surface area contributed by atoms with Gasteiger partial charge in [0.1, 0.15) is 11.3 Å². The first kappa shape index (κ1) is 35.8. The summed E-state index contributed by atoms with van der Waals surface area (Å²) in [4.78, 5) is 17.8. The SMILES string of the molecule is C1=CC2C(c3ccccc3N2c2cccc(-c3ccc(-c4ccccc4)cc3)c2)c2c1oc1c(-c3nc(-c4ccccc4)nc(-c4ccc(-c5ccccc5)cc4)n3)cccc21. The van der Waals surface area contributed by atoms with Gasteiger partial charge in [0.05, 0.1) is 11.6 Å². The molecule has 3 heterocycles. The summed E-state index contributed by atoms with van der Waals surface area (Å²) in [6.07, 6.45) is 4.47. The molecule has 2 unspecified atom stereocenters. The number of rotatable bonds is 7. The summed E-state index contributed by atoms with van der Waals surface area (Å²) in [6, 6.07) is 72.5. The van der Waals surface area contributed by atoms with Crippen LogP contribution in [-0.2, 0) is 0 Å². The Morgan fingerprint density at radius 1 is 0.419 bits per heavy atom. The van der Waals surface area contributed by atoms with Gasteiger partial charge in [0.15, 0.2) is 17.5 Å². The third kappa shape index (κ3) is 6.13. The van der Waals surface area contributed by atoms with Gasteiger partial charge in [-0.25, -0.2) is 15.0 Å². The second kappa shape index (κ2) is 14.8. The summed E-state index contributed by atoms with van der Waals surface area (Å²) in [5, 5.41) is 1.07. The van der Waals surface area contributed by atoms with Crippen LogP contribution in [0.1, 0.15) is 22.8 Å². The van der Waals surface area contributed by atoms with Gasteiger partial charge in [-0.05, 0) is 69.3 Å². The molecule has 12 rings (SSSR count). The first-order valence-electron chi connectivity index (χ1n) is 21.1. The predicted octanol–water partition coefficient (Wildman–Crippen LogP) is 14.3. The smallest absolute Gasteiger partial charge is 0.167 e. The van der Waals surface area contributed by atoms with Crippen LogP contribution in [0.3, 0.4) is 0 Å². The lowest BCUT2D eigenvalue weighted by atomic mass is 9.82. The van der Waals surface area contributed by atoms with Crippen LogP contribution in [0.4, 0.5) is 11.4 Å². The van der Waals surface area contributed by atoms with Crippen LogP contribution in [-0.4, -0.2) is 21.0 Å². The van der Waals surface area contributed by atoms with Gasteiger partial charge in [-0.15, -0.1) is 0 Å². The van der Waals surface area contributed by atoms with Crippen molar-refractivity contribution in [2.45, 2.75) is 12.0 Å². The normalized spacial score (nSPS) is 15.0. The highest BCUT2D eigenvalue weighted by atomic mass is 16.3. The number of benzene rings is 8. The van der Waals surface area contributed by atoms with Gasteiger partial charge < -0.3 is 9.32 Å². The van der Waals surface area contributed by atoms with E-state index in [0.717, 1.165) is 50.2 Å². The first-order valence-corrected chi connectivity index (χ1v) is 21.1. The molecule has 5 heteroatoms. The lowest BCUT2D eigenvalue weighted by Gasteiger charge is -2.30. The zero-order chi connectivity index (χ0) is 41.0. The molecular formula is C57H38N4O. The summed E-state index contributed by atoms with van der Waals surface area (Å²) in [5.74, 6) is 2.71. The van der Waals surface area contributed by atoms with Gasteiger partial charge in [0.2, 0.25) is 0 Å². The monoisotopic (exact) mass is 794 g/mol. The predicted molar refractivity (Wildman–Crippen MR) is 252 cm³/mol. The summed E-state index contributed by atoms with van der Waals surface area (Å²) in [5.41, 5.74) is 15.4. The average molecular weight is 795 g/mol. The molecular weight excluding hydrogens is 757 g/mol. The number of furan rings is 1. The number of hydrogen-bond donors (Lipinski definition) is 0. The minimum absolute atomic E-state index is 0.0485. The molecule has 0 radical (unpaired) electrons. The fourth-order valence-electron chi connectivity index (χ4n) is 9.37. The van der Waals surface area contributed by atoms with Crippen molar-refractivity contribution < 1.29 is 4.42 Å². The van der Waals surface area contributed by atoms with Crippen molar-refractivity contribution in [3.8, 4) is 67.5 Å². The van der Waals surface area contributed by atoms with Crippen molar-refractivity contribution in [1.29, 1.82) is 0 Å². The van der Waals surface area contributed by atoms with Gasteiger partial charge in [-0.3, -0.25) is 0 Å². The van der Waals surface area contributed by atoms with E-state index in [-0.39, 0.29) is 12.0 Å². The molecule has 2 atom stereocenters. The van der Waals surface area contributed by atoms with Crippen LogP contribution < -0.4 is 4.90 Å². The maximum atomic E-state index is 6.91. The van der Waals surface area contributed by atoms with Crippen molar-refractivity contribution in [1.82, 2.24) is 15.0 Å². The molecule has 2 aromatic heterocycles. The van der Waals surface area contributed by atoms with Gasteiger partial charge in [-0.1, -0.05) is 188 Å². The van der Waals surface area contributed by atoms with E-state index < -0.39 is 0 Å². The standard InChI is InChI=1S/C57H38N4O/c1-4-14-37(15-5-1)39-26-28-41(29-27-39)44-20-12-21-45(36-44)61-49-25-11-10-22-46(49)52-50(61)34-35-51-53(52)47-23-13-24-48(54(47)62-51)57-59-55(42-18-8-3-9-19-42)58-56(60-57)43-32-30-40(31-33-43)38-16-6-2-7-17-38/h1-36,50,52H. The third-order valence-electron chi connectivity index (χ3n) is 12.3. The number of hydrogen-bond acceptors (Lipinski definition) is 5. The van der Waals surface area contributed by atoms with Crippen LogP contribution in [0.2, 0.25) is 0 Å². The summed E-state index contributed by atoms with van der Waals surface area (Å²) >= 11 is 0. The van der Waals surface area contributed by atoms with Gasteiger partial charge in [0, 0.05) is 39.4 Å². The molecule has 1 aliphatic heterocycles. The molecule has 0 fully saturated rings. The Morgan fingerprint density at radius 2 is 0.919 bits per heavy atom. The molecule has 1 aliphatic carbocycles. The van der Waals surface area contributed by atoms with Crippen molar-refractivity contribution in [3.63, 3.8) is 0 Å². The molecule has 5 nitrogen and oxygen atoms in total. The Hall–Kier alpha value is -8.15. The molecule has 8 aromatic carbocycles. The third-order valence-corrected chi connectivity index (χ3v) is 12.3. The molecule has 292 valence electrons. The summed E-state index contributed by atoms with van der Waals surface area (Å²) in [7, 11) is 0. The van der Waals surface area contributed by atoms with E-state index in [0.29, 0.717) is 17.5 Å². The average Bonchev–Trinajstić information content (AvgIpc) is 3.91. The number of fused-ring (bicyclic) bond motifs is 7. The second-order valence-electron chi connectivity index (χ2n) is 15.9. The van der Waals surface area contributed by atoms with E-state index in [4.69, 9.17) is 19.4 Å². The van der Waals surface area contributed by atoms with Crippen LogP contribution in [0.5, 0.6) is 0 Å². The van der Waals surface area contributed by atoms with E-state index >= 15 is 0 Å². The fraction of sp³-hybridized carbons (Fsp3) is 0.0351. The van der Waals surface area contributed by atoms with Crippen LogP contribution in [0, 0.1) is 0 Å². The molecule has 0 bridgehead atoms. The molecule has 0 saturated carbocycles. The van der Waals surface area contributed by atoms with Crippen molar-refractivity contribution in [2.24, 2.45) is 0 Å². The zero-order valence-electron chi connectivity index (χ0n) is 33.6. The van der Waals surface area contributed by atoms with E-state index in [1.54, 1.807) is 0 Å². The number of aromatic nitrogens is 3. The molecule has 0 N–H and O–H groups in total. The minimum atomic E-state index is 0.0485. The van der Waals surface area contributed by atoms with Gasteiger partial charge in [-0.2, -0.15) is 0 Å². The van der Waals surface area contributed by atoms with E-state index in [1.165, 1.54) is 39.1 Å². The van der Waals surface area contributed by atoms with E-state index in [2.05, 4.69) is 187 Å². The maximum Gasteiger partial charge on any atom is 0.167 e. The maximum absolute atomic E-state index is 6.91. The highest BCUT2D eigenvalue weighted by Gasteiger charge is 2.43. The van der Waals surface area contributed by atoms with Gasteiger partial charge in [0.25, 0.3) is 0 Å². The fourth-order valence-corrected chi connectivity index (χ4v) is 9.37.